The highest BCUT2D eigenvalue weighted by Crippen LogP contribution is 2.22. The van der Waals surface area contributed by atoms with Gasteiger partial charge in [0, 0.05) is 6.54 Å². The molecule has 5 heteroatoms. The van der Waals surface area contributed by atoms with E-state index in [0.29, 0.717) is 11.5 Å². The number of carbonyl (C=O) groups is 1. The zero-order chi connectivity index (χ0) is 17.6. The van der Waals surface area contributed by atoms with Crippen LogP contribution in [-0.2, 0) is 4.74 Å². The minimum absolute atomic E-state index is 0.233. The summed E-state index contributed by atoms with van der Waals surface area (Å²) in [6.45, 7) is 9.78. The summed E-state index contributed by atoms with van der Waals surface area (Å²) in [6.07, 6.45) is -2.21. The third-order valence-electron chi connectivity index (χ3n) is 3.42. The molecule has 0 saturated carbocycles. The first-order valence-electron chi connectivity index (χ1n) is 8.03. The minimum atomic E-state index is -0.975. The van der Waals surface area contributed by atoms with E-state index in [0.717, 1.165) is 0 Å². The van der Waals surface area contributed by atoms with Gasteiger partial charge in [-0.15, -0.1) is 0 Å². The number of benzene rings is 1. The van der Waals surface area contributed by atoms with Gasteiger partial charge < -0.3 is 20.3 Å². The van der Waals surface area contributed by atoms with Crippen LogP contribution in [0.15, 0.2) is 24.3 Å². The van der Waals surface area contributed by atoms with Crippen molar-refractivity contribution >= 4 is 6.09 Å². The summed E-state index contributed by atoms with van der Waals surface area (Å²) in [7, 11) is 0. The van der Waals surface area contributed by atoms with Crippen molar-refractivity contribution in [2.45, 2.75) is 64.8 Å². The van der Waals surface area contributed by atoms with Gasteiger partial charge in [0.05, 0.1) is 6.10 Å². The van der Waals surface area contributed by atoms with E-state index in [-0.39, 0.29) is 13.0 Å². The molecule has 0 bridgehead atoms. The molecule has 0 radical (unpaired) electrons. The number of carbonyl (C=O) groups excluding carboxylic acids is 1. The van der Waals surface area contributed by atoms with Gasteiger partial charge in [-0.2, -0.15) is 0 Å². The number of alkyl carbamates (subject to hydrolysis) is 1. The Morgan fingerprint density at radius 2 is 1.65 bits per heavy atom. The molecule has 3 N–H and O–H groups in total. The molecule has 0 aliphatic carbocycles. The third-order valence-corrected chi connectivity index (χ3v) is 3.42. The second-order valence-corrected chi connectivity index (χ2v) is 7.05. The molecule has 1 aromatic carbocycles. The summed E-state index contributed by atoms with van der Waals surface area (Å²) >= 11 is 0. The second-order valence-electron chi connectivity index (χ2n) is 7.05. The number of amides is 1. The Kier molecular flexibility index (Phi) is 7.03. The standard InChI is InChI=1S/C18H29NO4/c1-12(2)13-6-8-14(9-7-13)16(21)15(20)10-11-19-17(22)23-18(3,4)5/h6-9,12,15-16,20-21H,10-11H2,1-5H3,(H,19,22). The van der Waals surface area contributed by atoms with Gasteiger partial charge in [0.1, 0.15) is 11.7 Å². The lowest BCUT2D eigenvalue weighted by molar-refractivity contribution is 0.0123. The summed E-state index contributed by atoms with van der Waals surface area (Å²) in [4.78, 5) is 11.5. The first kappa shape index (κ1) is 19.5. The largest absolute Gasteiger partial charge is 0.444 e. The van der Waals surface area contributed by atoms with Gasteiger partial charge in [0.15, 0.2) is 0 Å². The first-order chi connectivity index (χ1) is 10.6. The van der Waals surface area contributed by atoms with Crippen molar-refractivity contribution in [1.82, 2.24) is 5.32 Å². The quantitative estimate of drug-likeness (QED) is 0.751. The molecule has 0 spiro atoms. The van der Waals surface area contributed by atoms with Crippen LogP contribution in [0.5, 0.6) is 0 Å². The van der Waals surface area contributed by atoms with Gasteiger partial charge in [-0.1, -0.05) is 38.1 Å². The number of ether oxygens (including phenoxy) is 1. The number of nitrogens with one attached hydrogen (secondary N) is 1. The fourth-order valence-electron chi connectivity index (χ4n) is 2.09. The van der Waals surface area contributed by atoms with E-state index in [4.69, 9.17) is 4.74 Å². The maximum absolute atomic E-state index is 11.5. The van der Waals surface area contributed by atoms with Crippen LogP contribution in [0.25, 0.3) is 0 Å². The minimum Gasteiger partial charge on any atom is -0.444 e. The lowest BCUT2D eigenvalue weighted by Gasteiger charge is -2.21. The molecule has 2 unspecified atom stereocenters. The van der Waals surface area contributed by atoms with Gasteiger partial charge in [0.25, 0.3) is 0 Å². The van der Waals surface area contributed by atoms with Crippen molar-refractivity contribution in [3.05, 3.63) is 35.4 Å². The van der Waals surface area contributed by atoms with Crippen molar-refractivity contribution in [1.29, 1.82) is 0 Å². The van der Waals surface area contributed by atoms with E-state index >= 15 is 0 Å². The zero-order valence-electron chi connectivity index (χ0n) is 14.7. The highest BCUT2D eigenvalue weighted by molar-refractivity contribution is 5.67. The van der Waals surface area contributed by atoms with Crippen LogP contribution >= 0.6 is 0 Å². The predicted molar refractivity (Wildman–Crippen MR) is 90.4 cm³/mol. The Bertz CT molecular complexity index is 491. The molecular weight excluding hydrogens is 294 g/mol. The van der Waals surface area contributed by atoms with Crippen molar-refractivity contribution in [2.24, 2.45) is 0 Å². The monoisotopic (exact) mass is 323 g/mol. The van der Waals surface area contributed by atoms with Crippen LogP contribution in [-0.4, -0.2) is 34.6 Å². The van der Waals surface area contributed by atoms with Gasteiger partial charge in [-0.05, 0) is 44.2 Å². The molecular formula is C18H29NO4. The van der Waals surface area contributed by atoms with E-state index in [9.17, 15) is 15.0 Å². The normalized spacial score (nSPS) is 14.4. The first-order valence-corrected chi connectivity index (χ1v) is 8.03. The number of hydrogen-bond acceptors (Lipinski definition) is 4. The fraction of sp³-hybridized carbons (Fsp3) is 0.611. The summed E-state index contributed by atoms with van der Waals surface area (Å²) in [5, 5.41) is 22.8. The fourth-order valence-corrected chi connectivity index (χ4v) is 2.09. The van der Waals surface area contributed by atoms with Crippen LogP contribution in [0.4, 0.5) is 4.79 Å². The maximum Gasteiger partial charge on any atom is 0.407 e. The van der Waals surface area contributed by atoms with E-state index in [1.54, 1.807) is 20.8 Å². The topological polar surface area (TPSA) is 78.8 Å². The average molecular weight is 323 g/mol. The predicted octanol–water partition coefficient (Wildman–Crippen LogP) is 3.12. The smallest absolute Gasteiger partial charge is 0.407 e. The Labute approximate surface area is 138 Å². The number of aliphatic hydroxyl groups is 2. The zero-order valence-corrected chi connectivity index (χ0v) is 14.7. The van der Waals surface area contributed by atoms with Crippen LogP contribution < -0.4 is 5.32 Å². The summed E-state index contributed by atoms with van der Waals surface area (Å²) in [6, 6.07) is 7.55. The summed E-state index contributed by atoms with van der Waals surface area (Å²) in [5.41, 5.74) is 1.29. The number of aliphatic hydroxyl groups excluding tert-OH is 2. The molecule has 2 atom stereocenters. The van der Waals surface area contributed by atoms with E-state index in [1.165, 1.54) is 5.56 Å². The molecule has 0 heterocycles. The van der Waals surface area contributed by atoms with E-state index in [2.05, 4.69) is 19.2 Å². The van der Waals surface area contributed by atoms with Crippen LogP contribution in [0.2, 0.25) is 0 Å². The van der Waals surface area contributed by atoms with E-state index in [1.807, 2.05) is 24.3 Å². The van der Waals surface area contributed by atoms with Crippen LogP contribution in [0.1, 0.15) is 64.2 Å². The highest BCUT2D eigenvalue weighted by atomic mass is 16.6. The molecule has 0 aliphatic heterocycles. The van der Waals surface area contributed by atoms with E-state index < -0.39 is 23.9 Å². The maximum atomic E-state index is 11.5. The van der Waals surface area contributed by atoms with Gasteiger partial charge >= 0.3 is 6.09 Å². The Balaban J connectivity index is 2.45. The van der Waals surface area contributed by atoms with Crippen molar-refractivity contribution in [3.63, 3.8) is 0 Å². The van der Waals surface area contributed by atoms with Crippen LogP contribution in [0, 0.1) is 0 Å². The molecule has 0 fully saturated rings. The van der Waals surface area contributed by atoms with Crippen molar-refractivity contribution in [3.8, 4) is 0 Å². The molecule has 1 amide bonds. The second kappa shape index (κ2) is 8.31. The molecule has 5 nitrogen and oxygen atoms in total. The molecule has 130 valence electrons. The van der Waals surface area contributed by atoms with Gasteiger partial charge in [-0.3, -0.25) is 0 Å². The third kappa shape index (κ3) is 7.01. The summed E-state index contributed by atoms with van der Waals surface area (Å²) in [5.74, 6) is 0.421. The molecule has 1 rings (SSSR count). The molecule has 0 aliphatic rings. The lowest BCUT2D eigenvalue weighted by atomic mass is 9.97. The molecule has 23 heavy (non-hydrogen) atoms. The van der Waals surface area contributed by atoms with Crippen molar-refractivity contribution in [2.75, 3.05) is 6.54 Å². The molecule has 0 aromatic heterocycles. The lowest BCUT2D eigenvalue weighted by Crippen LogP contribution is -2.34. The van der Waals surface area contributed by atoms with Crippen LogP contribution in [0.3, 0.4) is 0 Å². The Hall–Kier alpha value is -1.59. The Morgan fingerprint density at radius 3 is 2.13 bits per heavy atom. The number of hydrogen-bond donors (Lipinski definition) is 3. The average Bonchev–Trinajstić information content (AvgIpc) is 2.44. The number of rotatable bonds is 6. The molecule has 1 aromatic rings. The van der Waals surface area contributed by atoms with Gasteiger partial charge in [0.2, 0.25) is 0 Å². The highest BCUT2D eigenvalue weighted by Gasteiger charge is 2.20. The SMILES string of the molecule is CC(C)c1ccc(C(O)C(O)CCNC(=O)OC(C)(C)C)cc1. The van der Waals surface area contributed by atoms with Crippen molar-refractivity contribution < 1.29 is 19.7 Å². The molecule has 0 saturated heterocycles. The van der Waals surface area contributed by atoms with Gasteiger partial charge in [-0.25, -0.2) is 4.79 Å². The Morgan fingerprint density at radius 1 is 1.13 bits per heavy atom. The summed E-state index contributed by atoms with van der Waals surface area (Å²) < 4.78 is 5.11.